The quantitative estimate of drug-likeness (QED) is 0.125. The van der Waals surface area contributed by atoms with Crippen LogP contribution in [0.4, 0.5) is 0 Å². The molecule has 0 aliphatic rings. The number of aliphatic carboxylic acids is 1. The number of phosphoric acid groups is 1. The Morgan fingerprint density at radius 2 is 1.48 bits per heavy atom. The summed E-state index contributed by atoms with van der Waals surface area (Å²) in [7, 11) is -4.70. The van der Waals surface area contributed by atoms with Gasteiger partial charge < -0.3 is 25.2 Å². The van der Waals surface area contributed by atoms with Crippen LogP contribution in [0.25, 0.3) is 0 Å². The number of carboxylic acids is 1. The number of carboxylic acid groups (broad SMARTS) is 1. The van der Waals surface area contributed by atoms with Gasteiger partial charge >= 0.3 is 19.8 Å². The molecule has 0 fully saturated rings. The largest absolute Gasteiger partial charge is 0.480 e. The molecular formula is C19H36NO10P. The van der Waals surface area contributed by atoms with Crippen LogP contribution in [-0.2, 0) is 32.7 Å². The lowest BCUT2D eigenvalue weighted by molar-refractivity contribution is -0.147. The molecule has 0 aromatic rings. The first-order valence-corrected chi connectivity index (χ1v) is 12.1. The summed E-state index contributed by atoms with van der Waals surface area (Å²) >= 11 is 0. The molecule has 11 nitrogen and oxygen atoms in total. The van der Waals surface area contributed by atoms with Crippen LogP contribution in [0.2, 0.25) is 0 Å². The van der Waals surface area contributed by atoms with E-state index in [1.807, 2.05) is 13.8 Å². The van der Waals surface area contributed by atoms with Gasteiger partial charge in [0.25, 0.3) is 0 Å². The van der Waals surface area contributed by atoms with E-state index in [0.29, 0.717) is 12.8 Å². The van der Waals surface area contributed by atoms with Gasteiger partial charge in [-0.15, -0.1) is 0 Å². The number of nitrogens with one attached hydrogen (secondary N) is 1. The Morgan fingerprint density at radius 3 is 2.10 bits per heavy atom. The first kappa shape index (κ1) is 29.5. The molecule has 0 aliphatic carbocycles. The fourth-order valence-electron chi connectivity index (χ4n) is 2.37. The molecular weight excluding hydrogens is 433 g/mol. The molecule has 0 rings (SSSR count). The van der Waals surface area contributed by atoms with Crippen LogP contribution in [-0.4, -0.2) is 64.9 Å². The zero-order valence-corrected chi connectivity index (χ0v) is 19.2. The minimum atomic E-state index is -4.70. The highest BCUT2D eigenvalue weighted by Gasteiger charge is 2.28. The third-order valence-electron chi connectivity index (χ3n) is 4.15. The average molecular weight is 469 g/mol. The van der Waals surface area contributed by atoms with Crippen molar-refractivity contribution < 1.29 is 47.8 Å². The highest BCUT2D eigenvalue weighted by Crippen LogP contribution is 2.43. The van der Waals surface area contributed by atoms with Crippen LogP contribution in [0.3, 0.4) is 0 Å². The summed E-state index contributed by atoms with van der Waals surface area (Å²) in [6.07, 6.45) is 4.93. The standard InChI is InChI=1S/C19H36NO10P/c1-3-5-7-9-11-18(23)28-12-15(21)13-29-31(26,27)30-14-16(19(24)25)20-17(22)10-8-6-4-2/h15-16,21H,3-14H2,1-2H3,(H,20,22)(H,24,25)(H,26,27). The minimum Gasteiger partial charge on any atom is -0.480 e. The molecule has 0 aromatic heterocycles. The average Bonchev–Trinajstić information content (AvgIpc) is 2.71. The van der Waals surface area contributed by atoms with E-state index in [-0.39, 0.29) is 12.8 Å². The van der Waals surface area contributed by atoms with E-state index in [4.69, 9.17) is 9.84 Å². The second kappa shape index (κ2) is 17.1. The molecule has 0 aromatic carbocycles. The third-order valence-corrected chi connectivity index (χ3v) is 5.10. The highest BCUT2D eigenvalue weighted by atomic mass is 31.2. The van der Waals surface area contributed by atoms with Crippen LogP contribution in [0, 0.1) is 0 Å². The Labute approximate surface area is 183 Å². The van der Waals surface area contributed by atoms with Crippen molar-refractivity contribution in [3.8, 4) is 0 Å². The lowest BCUT2D eigenvalue weighted by Crippen LogP contribution is -2.43. The maximum absolute atomic E-state index is 11.9. The fourth-order valence-corrected chi connectivity index (χ4v) is 3.14. The molecule has 31 heavy (non-hydrogen) atoms. The van der Waals surface area contributed by atoms with Crippen LogP contribution in [0.1, 0.15) is 71.6 Å². The van der Waals surface area contributed by atoms with Crippen LogP contribution >= 0.6 is 7.82 Å². The van der Waals surface area contributed by atoms with Crippen LogP contribution in [0.15, 0.2) is 0 Å². The summed E-state index contributed by atoms with van der Waals surface area (Å²) in [6, 6.07) is -1.53. The van der Waals surface area contributed by atoms with Crippen molar-refractivity contribution in [1.82, 2.24) is 5.32 Å². The Hall–Kier alpha value is -1.52. The number of carbonyl (C=O) groups excluding carboxylic acids is 2. The molecule has 0 saturated carbocycles. The molecule has 3 atom stereocenters. The van der Waals surface area contributed by atoms with Gasteiger partial charge in [-0.25, -0.2) is 9.36 Å². The van der Waals surface area contributed by atoms with E-state index in [2.05, 4.69) is 14.4 Å². The van der Waals surface area contributed by atoms with E-state index < -0.39 is 57.6 Å². The second-order valence-corrected chi connectivity index (χ2v) is 8.58. The van der Waals surface area contributed by atoms with E-state index in [1.165, 1.54) is 0 Å². The number of ether oxygens (including phenoxy) is 1. The smallest absolute Gasteiger partial charge is 0.472 e. The molecule has 0 radical (unpaired) electrons. The van der Waals surface area contributed by atoms with Crippen LogP contribution < -0.4 is 5.32 Å². The van der Waals surface area contributed by atoms with E-state index in [0.717, 1.165) is 32.1 Å². The van der Waals surface area contributed by atoms with Crippen molar-refractivity contribution in [1.29, 1.82) is 0 Å². The number of amides is 1. The van der Waals surface area contributed by atoms with Crippen molar-refractivity contribution in [3.63, 3.8) is 0 Å². The maximum atomic E-state index is 11.9. The summed E-state index contributed by atoms with van der Waals surface area (Å²) in [5.74, 6) is -2.43. The second-order valence-electron chi connectivity index (χ2n) is 7.12. The van der Waals surface area contributed by atoms with E-state index in [1.54, 1.807) is 0 Å². The molecule has 0 saturated heterocycles. The van der Waals surface area contributed by atoms with Gasteiger partial charge in [0, 0.05) is 12.8 Å². The summed E-state index contributed by atoms with van der Waals surface area (Å²) in [6.45, 7) is 2.12. The molecule has 4 N–H and O–H groups in total. The minimum absolute atomic E-state index is 0.133. The molecule has 0 heterocycles. The fraction of sp³-hybridized carbons (Fsp3) is 0.842. The van der Waals surface area contributed by atoms with Crippen molar-refractivity contribution in [2.45, 2.75) is 83.8 Å². The van der Waals surface area contributed by atoms with Crippen LogP contribution in [0.5, 0.6) is 0 Å². The Morgan fingerprint density at radius 1 is 0.903 bits per heavy atom. The number of carbonyl (C=O) groups is 3. The first-order chi connectivity index (χ1) is 14.6. The van der Waals surface area contributed by atoms with Crippen molar-refractivity contribution in [2.24, 2.45) is 0 Å². The normalized spacial score (nSPS) is 15.0. The SMILES string of the molecule is CCCCCCC(=O)OCC(O)COP(=O)(O)OCC(NC(=O)CCCCC)C(=O)O. The monoisotopic (exact) mass is 469 g/mol. The Bertz CT molecular complexity index is 586. The van der Waals surface area contributed by atoms with Gasteiger partial charge in [0.15, 0.2) is 6.04 Å². The zero-order chi connectivity index (χ0) is 23.7. The van der Waals surface area contributed by atoms with Gasteiger partial charge in [-0.1, -0.05) is 46.0 Å². The highest BCUT2D eigenvalue weighted by molar-refractivity contribution is 7.47. The Balaban J connectivity index is 4.25. The number of esters is 1. The molecule has 3 unspecified atom stereocenters. The first-order valence-electron chi connectivity index (χ1n) is 10.6. The predicted octanol–water partition coefficient (Wildman–Crippen LogP) is 2.14. The number of aliphatic hydroxyl groups is 1. The van der Waals surface area contributed by atoms with Gasteiger partial charge in [-0.3, -0.25) is 18.6 Å². The van der Waals surface area contributed by atoms with Gasteiger partial charge in [0.2, 0.25) is 5.91 Å². The lowest BCUT2D eigenvalue weighted by Gasteiger charge is -2.18. The maximum Gasteiger partial charge on any atom is 0.472 e. The molecule has 0 aliphatic heterocycles. The number of aliphatic hydroxyl groups excluding tert-OH is 1. The molecule has 182 valence electrons. The summed E-state index contributed by atoms with van der Waals surface area (Å²) in [4.78, 5) is 44.1. The predicted molar refractivity (Wildman–Crippen MR) is 111 cm³/mol. The summed E-state index contributed by atoms with van der Waals surface area (Å²) in [5.41, 5.74) is 0. The molecule has 0 bridgehead atoms. The third kappa shape index (κ3) is 16.8. The lowest BCUT2D eigenvalue weighted by atomic mass is 10.2. The van der Waals surface area contributed by atoms with Crippen molar-refractivity contribution in [3.05, 3.63) is 0 Å². The number of rotatable bonds is 19. The Kier molecular flexibility index (Phi) is 16.2. The van der Waals surface area contributed by atoms with Gasteiger partial charge in [-0.05, 0) is 12.8 Å². The molecule has 0 spiro atoms. The van der Waals surface area contributed by atoms with Gasteiger partial charge in [0.1, 0.15) is 12.7 Å². The van der Waals surface area contributed by atoms with E-state index >= 15 is 0 Å². The van der Waals surface area contributed by atoms with Gasteiger partial charge in [0.05, 0.1) is 13.2 Å². The zero-order valence-electron chi connectivity index (χ0n) is 18.3. The van der Waals surface area contributed by atoms with Crippen molar-refractivity contribution in [2.75, 3.05) is 19.8 Å². The molecule has 1 amide bonds. The summed E-state index contributed by atoms with van der Waals surface area (Å²) in [5, 5.41) is 21.1. The van der Waals surface area contributed by atoms with Crippen molar-refractivity contribution >= 4 is 25.7 Å². The van der Waals surface area contributed by atoms with E-state index in [9.17, 15) is 28.9 Å². The topological polar surface area (TPSA) is 169 Å². The van der Waals surface area contributed by atoms with Gasteiger partial charge in [-0.2, -0.15) is 0 Å². The number of unbranched alkanes of at least 4 members (excludes halogenated alkanes) is 5. The number of hydrogen-bond acceptors (Lipinski definition) is 8. The molecule has 12 heteroatoms. The number of hydrogen-bond donors (Lipinski definition) is 4. The number of phosphoric ester groups is 1. The summed E-state index contributed by atoms with van der Waals surface area (Å²) < 4.78 is 25.9.